The Kier molecular flexibility index (Phi) is 4.35. The molecule has 0 saturated heterocycles. The van der Waals surface area contributed by atoms with Gasteiger partial charge in [-0.15, -0.1) is 0 Å². The third-order valence-corrected chi connectivity index (χ3v) is 3.76. The van der Waals surface area contributed by atoms with Crippen LogP contribution in [0.1, 0.15) is 33.2 Å². The lowest BCUT2D eigenvalue weighted by Crippen LogP contribution is -2.33. The van der Waals surface area contributed by atoms with Crippen LogP contribution in [0.3, 0.4) is 0 Å². The van der Waals surface area contributed by atoms with E-state index in [1.807, 2.05) is 0 Å². The molecule has 2 N–H and O–H groups in total. The molecule has 0 fully saturated rings. The lowest BCUT2D eigenvalue weighted by Gasteiger charge is -2.17. The number of rotatable bonds is 4. The lowest BCUT2D eigenvalue weighted by atomic mass is 10.1. The van der Waals surface area contributed by atoms with Crippen molar-refractivity contribution in [3.8, 4) is 0 Å². The molecule has 0 saturated carbocycles. The van der Waals surface area contributed by atoms with Gasteiger partial charge in [0.2, 0.25) is 0 Å². The monoisotopic (exact) mass is 336 g/mol. The molecule has 25 heavy (non-hydrogen) atoms. The molecule has 0 bridgehead atoms. The predicted octanol–water partition coefficient (Wildman–Crippen LogP) is 2.47. The fourth-order valence-electron chi connectivity index (χ4n) is 2.58. The molecule has 6 heteroatoms. The Balaban J connectivity index is 2.07. The number of fused-ring (bicyclic) bond motifs is 1. The normalized spacial score (nSPS) is 13.8. The van der Waals surface area contributed by atoms with Gasteiger partial charge in [0, 0.05) is 5.69 Å². The van der Waals surface area contributed by atoms with Crippen LogP contribution in [0.5, 0.6) is 0 Å². The van der Waals surface area contributed by atoms with E-state index in [1.165, 1.54) is 6.08 Å². The van der Waals surface area contributed by atoms with E-state index in [0.29, 0.717) is 11.3 Å². The van der Waals surface area contributed by atoms with Crippen molar-refractivity contribution in [2.45, 2.75) is 6.92 Å². The summed E-state index contributed by atoms with van der Waals surface area (Å²) in [6.07, 6.45) is 1.44. The summed E-state index contributed by atoms with van der Waals surface area (Å²) in [5, 5.41) is 0. The zero-order valence-corrected chi connectivity index (χ0v) is 13.6. The van der Waals surface area contributed by atoms with Crippen molar-refractivity contribution >= 4 is 29.5 Å². The van der Waals surface area contributed by atoms with E-state index in [9.17, 15) is 14.4 Å². The number of nitrogen functional groups attached to an aromatic ring is 1. The first-order valence-electron chi connectivity index (χ1n) is 7.75. The van der Waals surface area contributed by atoms with Crippen molar-refractivity contribution in [1.29, 1.82) is 0 Å². The van der Waals surface area contributed by atoms with E-state index >= 15 is 0 Å². The number of anilines is 1. The molecule has 2 aromatic carbocycles. The first-order valence-corrected chi connectivity index (χ1v) is 7.75. The van der Waals surface area contributed by atoms with Gasteiger partial charge in [0.25, 0.3) is 11.8 Å². The average molecular weight is 336 g/mol. The number of esters is 1. The van der Waals surface area contributed by atoms with Gasteiger partial charge < -0.3 is 10.5 Å². The zero-order valence-electron chi connectivity index (χ0n) is 13.6. The van der Waals surface area contributed by atoms with Crippen LogP contribution in [0, 0.1) is 0 Å². The molecule has 3 rings (SSSR count). The average Bonchev–Trinajstić information content (AvgIpc) is 2.86. The van der Waals surface area contributed by atoms with E-state index in [4.69, 9.17) is 10.5 Å². The highest BCUT2D eigenvalue weighted by Crippen LogP contribution is 2.27. The molecule has 2 amide bonds. The van der Waals surface area contributed by atoms with Crippen molar-refractivity contribution in [2.75, 3.05) is 12.3 Å². The van der Waals surface area contributed by atoms with Crippen LogP contribution in [-0.2, 0) is 9.53 Å². The minimum Gasteiger partial charge on any atom is -0.461 e. The highest BCUT2D eigenvalue weighted by Gasteiger charge is 2.40. The van der Waals surface area contributed by atoms with Gasteiger partial charge in [-0.3, -0.25) is 9.59 Å². The number of nitrogens with two attached hydrogens (primary N) is 1. The third-order valence-electron chi connectivity index (χ3n) is 3.76. The second-order valence-electron chi connectivity index (χ2n) is 5.41. The molecular weight excluding hydrogens is 320 g/mol. The number of benzene rings is 2. The Morgan fingerprint density at radius 2 is 1.60 bits per heavy atom. The van der Waals surface area contributed by atoms with Gasteiger partial charge in [0.15, 0.2) is 0 Å². The molecular formula is C19H16N2O4. The minimum absolute atomic E-state index is 0.126. The molecule has 2 aromatic rings. The van der Waals surface area contributed by atoms with Crippen molar-refractivity contribution in [3.63, 3.8) is 0 Å². The molecule has 0 unspecified atom stereocenters. The summed E-state index contributed by atoms with van der Waals surface area (Å²) >= 11 is 0. The summed E-state index contributed by atoms with van der Waals surface area (Å²) in [5.74, 6) is -1.83. The predicted molar refractivity (Wildman–Crippen MR) is 92.4 cm³/mol. The molecule has 0 radical (unpaired) electrons. The summed E-state index contributed by atoms with van der Waals surface area (Å²) in [7, 11) is 0. The van der Waals surface area contributed by atoms with E-state index in [0.717, 1.165) is 4.90 Å². The van der Waals surface area contributed by atoms with Crippen molar-refractivity contribution in [3.05, 3.63) is 70.9 Å². The standard InChI is InChI=1S/C19H16N2O4/c1-2-25-19(24)16(11-12-7-9-13(20)10-8-12)21-17(22)14-5-3-4-6-15(14)18(21)23/h3-11H,2,20H2,1H3/b16-11+. The zero-order chi connectivity index (χ0) is 18.0. The van der Waals surface area contributed by atoms with Crippen LogP contribution in [0.15, 0.2) is 54.2 Å². The van der Waals surface area contributed by atoms with Gasteiger partial charge in [-0.2, -0.15) is 0 Å². The van der Waals surface area contributed by atoms with Crippen LogP contribution < -0.4 is 5.73 Å². The maximum Gasteiger partial charge on any atom is 0.355 e. The molecule has 0 aliphatic carbocycles. The van der Waals surface area contributed by atoms with Crippen molar-refractivity contribution in [1.82, 2.24) is 4.90 Å². The quantitative estimate of drug-likeness (QED) is 0.401. The van der Waals surface area contributed by atoms with Crippen LogP contribution in [0.4, 0.5) is 5.69 Å². The highest BCUT2D eigenvalue weighted by atomic mass is 16.5. The van der Waals surface area contributed by atoms with Crippen LogP contribution >= 0.6 is 0 Å². The fourth-order valence-corrected chi connectivity index (χ4v) is 2.58. The molecule has 1 heterocycles. The van der Waals surface area contributed by atoms with Crippen LogP contribution in [0.25, 0.3) is 6.08 Å². The van der Waals surface area contributed by atoms with Crippen molar-refractivity contribution in [2.24, 2.45) is 0 Å². The number of nitrogens with zero attached hydrogens (tertiary/aromatic N) is 1. The highest BCUT2D eigenvalue weighted by molar-refractivity contribution is 6.25. The first kappa shape index (κ1) is 16.4. The third kappa shape index (κ3) is 3.01. The maximum absolute atomic E-state index is 12.6. The molecule has 0 spiro atoms. The van der Waals surface area contributed by atoms with Gasteiger partial charge >= 0.3 is 5.97 Å². The molecule has 6 nitrogen and oxygen atoms in total. The maximum atomic E-state index is 12.6. The Morgan fingerprint density at radius 3 is 2.12 bits per heavy atom. The Hall–Kier alpha value is -3.41. The number of amides is 2. The smallest absolute Gasteiger partial charge is 0.355 e. The Bertz CT molecular complexity index is 850. The number of hydrogen-bond acceptors (Lipinski definition) is 5. The van der Waals surface area contributed by atoms with Crippen LogP contribution in [-0.4, -0.2) is 29.3 Å². The molecule has 0 aromatic heterocycles. The summed E-state index contributed by atoms with van der Waals surface area (Å²) in [6, 6.07) is 13.2. The Morgan fingerprint density at radius 1 is 1.04 bits per heavy atom. The van der Waals surface area contributed by atoms with E-state index in [1.54, 1.807) is 55.5 Å². The summed E-state index contributed by atoms with van der Waals surface area (Å²) < 4.78 is 5.03. The van der Waals surface area contributed by atoms with Crippen LogP contribution in [0.2, 0.25) is 0 Å². The van der Waals surface area contributed by atoms with Gasteiger partial charge in [-0.1, -0.05) is 24.3 Å². The fraction of sp³-hybridized carbons (Fsp3) is 0.105. The first-order chi connectivity index (χ1) is 12.0. The topological polar surface area (TPSA) is 89.7 Å². The van der Waals surface area contributed by atoms with Crippen molar-refractivity contribution < 1.29 is 19.1 Å². The summed E-state index contributed by atoms with van der Waals surface area (Å²) in [6.45, 7) is 1.78. The SMILES string of the molecule is CCOC(=O)/C(=C\c1ccc(N)cc1)N1C(=O)c2ccccc2C1=O. The van der Waals surface area contributed by atoms with Gasteiger partial charge in [-0.25, -0.2) is 9.69 Å². The number of carbonyl (C=O) groups is 3. The Labute approximate surface area is 144 Å². The summed E-state index contributed by atoms with van der Waals surface area (Å²) in [4.78, 5) is 38.5. The molecule has 0 atom stereocenters. The lowest BCUT2D eigenvalue weighted by molar-refractivity contribution is -0.139. The molecule has 1 aliphatic heterocycles. The second kappa shape index (κ2) is 6.60. The number of hydrogen-bond donors (Lipinski definition) is 1. The number of carbonyl (C=O) groups excluding carboxylic acids is 3. The summed E-state index contributed by atoms with van der Waals surface area (Å²) in [5.41, 5.74) is 7.24. The number of imide groups is 1. The van der Waals surface area contributed by atoms with Gasteiger partial charge in [0.05, 0.1) is 17.7 Å². The van der Waals surface area contributed by atoms with Gasteiger partial charge in [-0.05, 0) is 42.8 Å². The second-order valence-corrected chi connectivity index (χ2v) is 5.41. The largest absolute Gasteiger partial charge is 0.461 e. The van der Waals surface area contributed by atoms with Gasteiger partial charge in [0.1, 0.15) is 5.70 Å². The minimum atomic E-state index is -0.742. The van der Waals surface area contributed by atoms with E-state index in [-0.39, 0.29) is 23.4 Å². The molecule has 126 valence electrons. The van der Waals surface area contributed by atoms with E-state index in [2.05, 4.69) is 0 Å². The molecule has 1 aliphatic rings. The number of ether oxygens (including phenoxy) is 1. The van der Waals surface area contributed by atoms with E-state index < -0.39 is 17.8 Å².